The van der Waals surface area contributed by atoms with Crippen LogP contribution in [0.15, 0.2) is 30.3 Å². The molecule has 0 heterocycles. The van der Waals surface area contributed by atoms with E-state index in [1.54, 1.807) is 4.90 Å². The minimum absolute atomic E-state index is 1.30. The molecule has 22 heteroatoms. The zero-order chi connectivity index (χ0) is 48.1. The largest absolute Gasteiger partial charge is 0.302 e. The van der Waals surface area contributed by atoms with E-state index in [1.165, 1.54) is 70.1 Å². The Morgan fingerprint density at radius 2 is 0.516 bits per heavy atom. The molecule has 1 nitrogen and oxygen atoms in total. The van der Waals surface area contributed by atoms with Crippen molar-refractivity contribution >= 4 is 33.7 Å². The summed E-state index contributed by atoms with van der Waals surface area (Å²) in [6.45, 7) is 7.17. The van der Waals surface area contributed by atoms with Crippen molar-refractivity contribution in [2.24, 2.45) is 0 Å². The van der Waals surface area contributed by atoms with Gasteiger partial charge < -0.3 is 4.90 Å². The lowest BCUT2D eigenvalue weighted by Crippen LogP contribution is -3.07. The molecule has 0 aliphatic carbocycles. The number of rotatable bonds is 15. The SMILES string of the molecule is CCCCCC[NH+](CCCCCC)c1ccccc1.Fc1c(F)c(F)c([B-](c2c(F)c(F)c(F)c(F)c2F)(c2c(F)c(F)c(F)c(F)c2F)c2c(F)c(F)c(F)c(F)c2F)c(F)c1F. The van der Waals surface area contributed by atoms with Gasteiger partial charge in [0.15, 0.2) is 69.8 Å². The van der Waals surface area contributed by atoms with Gasteiger partial charge in [-0.15, -0.1) is 21.9 Å². The maximum Gasteiger partial charge on any atom is 0.200 e. The van der Waals surface area contributed by atoms with Gasteiger partial charge in [-0.2, -0.15) is 0 Å². The van der Waals surface area contributed by atoms with Gasteiger partial charge in [-0.1, -0.05) is 57.7 Å². The van der Waals surface area contributed by atoms with Crippen molar-refractivity contribution in [1.82, 2.24) is 0 Å². The summed E-state index contributed by atoms with van der Waals surface area (Å²) in [5, 5.41) is 0. The third-order valence-electron chi connectivity index (χ3n) is 10.6. The van der Waals surface area contributed by atoms with Crippen molar-refractivity contribution in [3.63, 3.8) is 0 Å². The zero-order valence-electron chi connectivity index (χ0n) is 33.1. The molecule has 348 valence electrons. The first-order valence-corrected chi connectivity index (χ1v) is 19.2. The minimum atomic E-state index is -7.22. The Hall–Kier alpha value is -5.28. The molecule has 0 aliphatic heterocycles. The van der Waals surface area contributed by atoms with Gasteiger partial charge in [-0.3, -0.25) is 0 Å². The average molecular weight is 941 g/mol. The molecular formula is C42H32BF20N. The molecule has 0 spiro atoms. The van der Waals surface area contributed by atoms with Crippen molar-refractivity contribution in [2.75, 3.05) is 13.1 Å². The second-order valence-electron chi connectivity index (χ2n) is 14.4. The lowest BCUT2D eigenvalue weighted by molar-refractivity contribution is -0.833. The second kappa shape index (κ2) is 21.1. The molecule has 0 saturated heterocycles. The fourth-order valence-electron chi connectivity index (χ4n) is 7.49. The van der Waals surface area contributed by atoms with E-state index in [2.05, 4.69) is 44.2 Å². The molecule has 0 unspecified atom stereocenters. The smallest absolute Gasteiger partial charge is 0.200 e. The highest BCUT2D eigenvalue weighted by molar-refractivity contribution is 7.20. The van der Waals surface area contributed by atoms with Crippen molar-refractivity contribution in [3.05, 3.63) is 147 Å². The highest BCUT2D eigenvalue weighted by Crippen LogP contribution is 2.30. The number of benzene rings is 5. The standard InChI is InChI=1S/C24BF20.C18H31N/c26-5-1(6(27)14(35)21(42)13(5)34)25(2-7(28)15(36)22(43)16(37)8(2)29,3-9(30)17(38)23(44)18(39)10(3)31)4-11(32)19(40)24(45)20(41)12(4)33;1-3-5-7-12-16-19(17-13-8-6-4-2)18-14-10-9-11-15-18/h;9-11,14-15H,3-8,12-13,16-17H2,1-2H3/q-1;/p+1. The summed E-state index contributed by atoms with van der Waals surface area (Å²) in [6, 6.07) is 11.0. The molecule has 1 N–H and O–H groups in total. The number of hydrogen-bond donors (Lipinski definition) is 1. The van der Waals surface area contributed by atoms with Crippen LogP contribution in [0.25, 0.3) is 0 Å². The lowest BCUT2D eigenvalue weighted by atomic mass is 9.12. The number of halogens is 20. The molecule has 0 fully saturated rings. The van der Waals surface area contributed by atoms with Crippen LogP contribution in [0.4, 0.5) is 93.5 Å². The Balaban J connectivity index is 0.000000395. The Morgan fingerprint density at radius 3 is 0.734 bits per heavy atom. The zero-order valence-corrected chi connectivity index (χ0v) is 33.1. The van der Waals surface area contributed by atoms with E-state index < -0.39 is 144 Å². The molecular weight excluding hydrogens is 909 g/mol. The van der Waals surface area contributed by atoms with Crippen molar-refractivity contribution in [3.8, 4) is 0 Å². The Morgan fingerprint density at radius 1 is 0.297 bits per heavy atom. The highest BCUT2D eigenvalue weighted by atomic mass is 19.2. The van der Waals surface area contributed by atoms with Crippen LogP contribution in [0.3, 0.4) is 0 Å². The van der Waals surface area contributed by atoms with E-state index in [4.69, 9.17) is 0 Å². The quantitative estimate of drug-likeness (QED) is 0.0351. The van der Waals surface area contributed by atoms with Crippen LogP contribution < -0.4 is 26.8 Å². The average Bonchev–Trinajstić information content (AvgIpc) is 3.28. The summed E-state index contributed by atoms with van der Waals surface area (Å²) in [6.07, 6.45) is 3.73. The van der Waals surface area contributed by atoms with E-state index in [9.17, 15) is 52.7 Å². The monoisotopic (exact) mass is 941 g/mol. The van der Waals surface area contributed by atoms with Crippen LogP contribution >= 0.6 is 0 Å². The van der Waals surface area contributed by atoms with Crippen LogP contribution in [0.1, 0.15) is 65.2 Å². The first kappa shape index (κ1) is 51.4. The second-order valence-corrected chi connectivity index (χ2v) is 14.4. The van der Waals surface area contributed by atoms with E-state index in [0.717, 1.165) is 0 Å². The van der Waals surface area contributed by atoms with Gasteiger partial charge in [0.05, 0.1) is 13.1 Å². The fourth-order valence-corrected chi connectivity index (χ4v) is 7.49. The van der Waals surface area contributed by atoms with Crippen LogP contribution in [0, 0.1) is 116 Å². The van der Waals surface area contributed by atoms with E-state index in [1.807, 2.05) is 0 Å². The molecule has 0 radical (unpaired) electrons. The fraction of sp³-hybridized carbons (Fsp3) is 0.286. The molecule has 5 rings (SSSR count). The first-order chi connectivity index (χ1) is 30.1. The molecule has 0 aromatic heterocycles. The van der Waals surface area contributed by atoms with Gasteiger partial charge >= 0.3 is 0 Å². The first-order valence-electron chi connectivity index (χ1n) is 19.2. The van der Waals surface area contributed by atoms with Gasteiger partial charge in [0, 0.05) is 0 Å². The normalized spacial score (nSPS) is 11.7. The van der Waals surface area contributed by atoms with E-state index in [0.29, 0.717) is 0 Å². The molecule has 64 heavy (non-hydrogen) atoms. The van der Waals surface area contributed by atoms with Crippen molar-refractivity contribution < 1.29 is 92.7 Å². The predicted molar refractivity (Wildman–Crippen MR) is 194 cm³/mol. The summed E-state index contributed by atoms with van der Waals surface area (Å²) in [5.74, 6) is -71.4. The summed E-state index contributed by atoms with van der Waals surface area (Å²) in [5.41, 5.74) is -12.8. The number of unbranched alkanes of at least 4 members (excludes halogenated alkanes) is 6. The van der Waals surface area contributed by atoms with Gasteiger partial charge in [0.1, 0.15) is 58.4 Å². The van der Waals surface area contributed by atoms with Crippen molar-refractivity contribution in [1.29, 1.82) is 0 Å². The summed E-state index contributed by atoms with van der Waals surface area (Å²) < 4.78 is 294. The highest BCUT2D eigenvalue weighted by Gasteiger charge is 2.52. The van der Waals surface area contributed by atoms with Crippen LogP contribution in [0.2, 0.25) is 0 Å². The molecule has 0 aliphatic rings. The molecule has 5 aromatic carbocycles. The van der Waals surface area contributed by atoms with Gasteiger partial charge in [0.25, 0.3) is 0 Å². The Labute approximate surface area is 351 Å². The van der Waals surface area contributed by atoms with Gasteiger partial charge in [0.2, 0.25) is 0 Å². The molecule has 0 amide bonds. The topological polar surface area (TPSA) is 4.44 Å². The number of hydrogen-bond acceptors (Lipinski definition) is 0. The summed E-state index contributed by atoms with van der Waals surface area (Å²) in [4.78, 5) is 1.69. The van der Waals surface area contributed by atoms with E-state index >= 15 is 35.1 Å². The maximum atomic E-state index is 15.4. The van der Waals surface area contributed by atoms with Crippen LogP contribution in [-0.2, 0) is 0 Å². The van der Waals surface area contributed by atoms with E-state index in [-0.39, 0.29) is 0 Å². The molecule has 0 saturated carbocycles. The molecule has 0 atom stereocenters. The van der Waals surface area contributed by atoms with Crippen LogP contribution in [0.5, 0.6) is 0 Å². The molecule has 0 bridgehead atoms. The number of nitrogens with one attached hydrogen (secondary N) is 1. The summed E-state index contributed by atoms with van der Waals surface area (Å²) in [7, 11) is 0. The number of para-hydroxylation sites is 1. The van der Waals surface area contributed by atoms with Gasteiger partial charge in [-0.25, -0.2) is 87.8 Å². The number of quaternary nitrogens is 1. The minimum Gasteiger partial charge on any atom is -0.302 e. The third kappa shape index (κ3) is 9.15. The predicted octanol–water partition coefficient (Wildman–Crippen LogP) is 10.2. The third-order valence-corrected chi connectivity index (χ3v) is 10.6. The Kier molecular flexibility index (Phi) is 17.0. The lowest BCUT2D eigenvalue weighted by Gasteiger charge is -2.44. The summed E-state index contributed by atoms with van der Waals surface area (Å²) >= 11 is 0. The van der Waals surface area contributed by atoms with Crippen molar-refractivity contribution in [2.45, 2.75) is 65.2 Å². The molecule has 5 aromatic rings. The Bertz CT molecular complexity index is 2100. The maximum absolute atomic E-state index is 15.4. The van der Waals surface area contributed by atoms with Crippen LogP contribution in [-0.4, -0.2) is 19.2 Å². The van der Waals surface area contributed by atoms with Gasteiger partial charge in [-0.05, 0) is 37.8 Å².